The number of sulfone groups is 1. The fourth-order valence-electron chi connectivity index (χ4n) is 0.684. The van der Waals surface area contributed by atoms with E-state index in [2.05, 4.69) is 5.10 Å². The van der Waals surface area contributed by atoms with Crippen LogP contribution in [0.4, 0.5) is 13.2 Å². The first-order valence-corrected chi connectivity index (χ1v) is 4.54. The second-order valence-electron chi connectivity index (χ2n) is 2.17. The molecule has 1 aromatic rings. The van der Waals surface area contributed by atoms with Gasteiger partial charge in [-0.05, 0) is 0 Å². The molecule has 14 heavy (non-hydrogen) atoms. The number of hydrogen-bond donors (Lipinski definition) is 1. The molecule has 0 aliphatic carbocycles. The van der Waals surface area contributed by atoms with Gasteiger partial charge in [-0.2, -0.15) is 23.5 Å². The van der Waals surface area contributed by atoms with Crippen LogP contribution >= 0.6 is 0 Å². The van der Waals surface area contributed by atoms with E-state index in [9.17, 15) is 21.6 Å². The summed E-state index contributed by atoms with van der Waals surface area (Å²) in [5.74, 6) is 0. The molecular weight excluding hydrogens is 223 g/mol. The molecule has 0 unspecified atom stereocenters. The first-order chi connectivity index (χ1) is 6.30. The van der Waals surface area contributed by atoms with Crippen molar-refractivity contribution in [1.82, 2.24) is 10.2 Å². The van der Waals surface area contributed by atoms with Crippen molar-refractivity contribution in [3.63, 3.8) is 0 Å². The number of H-pyrrole nitrogens is 1. The molecule has 0 atom stereocenters. The minimum atomic E-state index is -5.49. The maximum absolute atomic E-state index is 12.0. The molecule has 0 aromatic carbocycles. The zero-order valence-electron chi connectivity index (χ0n) is 6.33. The summed E-state index contributed by atoms with van der Waals surface area (Å²) >= 11 is 0. The predicted octanol–water partition coefficient (Wildman–Crippen LogP) is 0.575. The van der Waals surface area contributed by atoms with Crippen LogP contribution in [-0.4, -0.2) is 24.1 Å². The van der Waals surface area contributed by atoms with E-state index in [1.165, 1.54) is 6.07 Å². The van der Waals surface area contributed by atoms with Crippen molar-refractivity contribution in [3.8, 4) is 6.07 Å². The highest BCUT2D eigenvalue weighted by atomic mass is 32.2. The summed E-state index contributed by atoms with van der Waals surface area (Å²) in [5.41, 5.74) is -6.16. The average Bonchev–Trinajstić information content (AvgIpc) is 2.49. The summed E-state index contributed by atoms with van der Waals surface area (Å²) in [4.78, 5) is -1.16. The van der Waals surface area contributed by atoms with Crippen LogP contribution in [0.1, 0.15) is 5.69 Å². The maximum Gasteiger partial charge on any atom is 0.502 e. The van der Waals surface area contributed by atoms with Crippen LogP contribution < -0.4 is 0 Å². The van der Waals surface area contributed by atoms with E-state index < -0.39 is 25.9 Å². The van der Waals surface area contributed by atoms with Gasteiger partial charge in [-0.3, -0.25) is 5.10 Å². The highest BCUT2D eigenvalue weighted by Crippen LogP contribution is 2.30. The lowest BCUT2D eigenvalue weighted by atomic mass is 10.5. The van der Waals surface area contributed by atoms with Gasteiger partial charge in [0, 0.05) is 0 Å². The molecule has 0 saturated carbocycles. The highest BCUT2D eigenvalue weighted by Gasteiger charge is 2.48. The summed E-state index contributed by atoms with van der Waals surface area (Å²) in [6.45, 7) is 0. The number of halogens is 3. The number of rotatable bonds is 1. The Morgan fingerprint density at radius 3 is 2.50 bits per heavy atom. The normalized spacial score (nSPS) is 12.4. The molecular formula is C5H2F3N3O2S. The van der Waals surface area contributed by atoms with E-state index in [0.717, 1.165) is 0 Å². The number of nitrogens with zero attached hydrogens (tertiary/aromatic N) is 2. The Bertz CT molecular complexity index is 481. The third-order valence-corrected chi connectivity index (χ3v) is 2.81. The average molecular weight is 225 g/mol. The van der Waals surface area contributed by atoms with Crippen molar-refractivity contribution in [2.45, 2.75) is 10.4 Å². The molecule has 0 amide bonds. The Hall–Kier alpha value is -1.56. The fourth-order valence-corrected chi connectivity index (χ4v) is 1.48. The zero-order chi connectivity index (χ0) is 11.0. The first-order valence-electron chi connectivity index (χ1n) is 3.05. The second-order valence-corrected chi connectivity index (χ2v) is 4.08. The Morgan fingerprint density at radius 1 is 1.50 bits per heavy atom. The number of alkyl halides is 3. The van der Waals surface area contributed by atoms with Crippen LogP contribution in [0.2, 0.25) is 0 Å². The largest absolute Gasteiger partial charge is 0.502 e. The molecule has 0 aliphatic rings. The molecule has 76 valence electrons. The van der Waals surface area contributed by atoms with Crippen LogP contribution in [0, 0.1) is 11.3 Å². The van der Waals surface area contributed by atoms with Gasteiger partial charge in [-0.15, -0.1) is 0 Å². The highest BCUT2D eigenvalue weighted by molar-refractivity contribution is 7.92. The van der Waals surface area contributed by atoms with Crippen molar-refractivity contribution < 1.29 is 21.6 Å². The van der Waals surface area contributed by atoms with E-state index in [4.69, 9.17) is 5.26 Å². The minimum Gasteiger partial charge on any atom is -0.267 e. The number of aromatic amines is 1. The lowest BCUT2D eigenvalue weighted by molar-refractivity contribution is -0.0436. The van der Waals surface area contributed by atoms with E-state index in [-0.39, 0.29) is 0 Å². The van der Waals surface area contributed by atoms with Crippen molar-refractivity contribution in [2.24, 2.45) is 0 Å². The summed E-state index contributed by atoms with van der Waals surface area (Å²) in [7, 11) is -5.49. The first kappa shape index (κ1) is 10.5. The molecule has 5 nitrogen and oxygen atoms in total. The molecule has 0 fully saturated rings. The summed E-state index contributed by atoms with van der Waals surface area (Å²) in [6, 6.07) is 1.26. The minimum absolute atomic E-state index is 0.446. The van der Waals surface area contributed by atoms with E-state index in [0.29, 0.717) is 6.20 Å². The standard InChI is InChI=1S/C5H2F3N3O2S/c6-5(7,8)14(12,13)4-2-10-11-3(4)1-9/h2H,(H,10,11). The van der Waals surface area contributed by atoms with Crippen LogP contribution in [0.15, 0.2) is 11.1 Å². The molecule has 0 aliphatic heterocycles. The van der Waals surface area contributed by atoms with Gasteiger partial charge in [0.25, 0.3) is 9.84 Å². The molecule has 9 heteroatoms. The van der Waals surface area contributed by atoms with E-state index >= 15 is 0 Å². The Balaban J connectivity index is 3.41. The van der Waals surface area contributed by atoms with Crippen molar-refractivity contribution in [1.29, 1.82) is 5.26 Å². The SMILES string of the molecule is N#Cc1[nH]ncc1S(=O)(=O)C(F)(F)F. The third kappa shape index (κ3) is 1.44. The van der Waals surface area contributed by atoms with Crippen LogP contribution in [0.3, 0.4) is 0 Å². The second kappa shape index (κ2) is 2.98. The topological polar surface area (TPSA) is 86.6 Å². The summed E-state index contributed by atoms with van der Waals surface area (Å²) in [5, 5.41) is 13.2. The monoisotopic (exact) mass is 225 g/mol. The van der Waals surface area contributed by atoms with Crippen LogP contribution in [-0.2, 0) is 9.84 Å². The predicted molar refractivity (Wildman–Crippen MR) is 36.5 cm³/mol. The fraction of sp³-hybridized carbons (Fsp3) is 0.200. The van der Waals surface area contributed by atoms with Crippen LogP contribution in [0.25, 0.3) is 0 Å². The molecule has 1 aromatic heterocycles. The summed E-state index contributed by atoms with van der Waals surface area (Å²) in [6.07, 6.45) is 0.446. The third-order valence-electron chi connectivity index (χ3n) is 1.31. The molecule has 0 saturated heterocycles. The molecule has 0 bridgehead atoms. The lowest BCUT2D eigenvalue weighted by Gasteiger charge is -2.04. The number of nitriles is 1. The quantitative estimate of drug-likeness (QED) is 0.757. The van der Waals surface area contributed by atoms with Crippen molar-refractivity contribution in [2.75, 3.05) is 0 Å². The molecule has 1 N–H and O–H groups in total. The molecule has 0 spiro atoms. The maximum atomic E-state index is 12.0. The molecule has 1 heterocycles. The Labute approximate surface area is 76.1 Å². The van der Waals surface area contributed by atoms with Gasteiger partial charge in [-0.1, -0.05) is 0 Å². The number of aromatic nitrogens is 2. The van der Waals surface area contributed by atoms with Gasteiger partial charge >= 0.3 is 5.51 Å². The van der Waals surface area contributed by atoms with Gasteiger partial charge in [0.15, 0.2) is 5.69 Å². The van der Waals surface area contributed by atoms with E-state index in [1.807, 2.05) is 5.10 Å². The molecule has 0 radical (unpaired) electrons. The molecule has 1 rings (SSSR count). The number of hydrogen-bond acceptors (Lipinski definition) is 4. The van der Waals surface area contributed by atoms with E-state index in [1.54, 1.807) is 0 Å². The van der Waals surface area contributed by atoms with Gasteiger partial charge in [0.1, 0.15) is 11.0 Å². The van der Waals surface area contributed by atoms with Crippen LogP contribution in [0.5, 0.6) is 0 Å². The summed E-state index contributed by atoms with van der Waals surface area (Å²) < 4.78 is 57.4. The lowest BCUT2D eigenvalue weighted by Crippen LogP contribution is -2.23. The van der Waals surface area contributed by atoms with Gasteiger partial charge < -0.3 is 0 Å². The Morgan fingerprint density at radius 2 is 2.07 bits per heavy atom. The zero-order valence-corrected chi connectivity index (χ0v) is 7.15. The van der Waals surface area contributed by atoms with Crippen molar-refractivity contribution >= 4 is 9.84 Å². The smallest absolute Gasteiger partial charge is 0.267 e. The van der Waals surface area contributed by atoms with Gasteiger partial charge in [0.05, 0.1) is 6.20 Å². The Kier molecular flexibility index (Phi) is 2.24. The van der Waals surface area contributed by atoms with Gasteiger partial charge in [0.2, 0.25) is 0 Å². The number of nitrogens with one attached hydrogen (secondary N) is 1. The van der Waals surface area contributed by atoms with Crippen molar-refractivity contribution in [3.05, 3.63) is 11.9 Å². The van der Waals surface area contributed by atoms with Gasteiger partial charge in [-0.25, -0.2) is 8.42 Å².